The van der Waals surface area contributed by atoms with E-state index >= 15 is 0 Å². The molecule has 5 heterocycles. The molecule has 26 heteroatoms. The number of rotatable bonds is 11. The number of hydrogen-bond donors (Lipinski definition) is 3. The Kier molecular flexibility index (Phi) is 31.6. The van der Waals surface area contributed by atoms with Crippen molar-refractivity contribution in [1.29, 1.82) is 0 Å². The van der Waals surface area contributed by atoms with E-state index < -0.39 is 35.3 Å². The number of methoxy groups -OCH3 is 2. The van der Waals surface area contributed by atoms with Crippen molar-refractivity contribution in [1.82, 2.24) is 24.8 Å². The second-order valence-electron chi connectivity index (χ2n) is 15.9. The van der Waals surface area contributed by atoms with Crippen LogP contribution in [0.1, 0.15) is 96.6 Å². The van der Waals surface area contributed by atoms with E-state index in [0.717, 1.165) is 27.4 Å². The van der Waals surface area contributed by atoms with Gasteiger partial charge in [0.25, 0.3) is 6.47 Å². The van der Waals surface area contributed by atoms with Gasteiger partial charge in [0, 0.05) is 56.5 Å². The fourth-order valence-corrected chi connectivity index (χ4v) is 7.58. The van der Waals surface area contributed by atoms with E-state index in [2.05, 4.69) is 45.6 Å². The molecule has 0 unspecified atom stereocenters. The number of nitrogens with zero attached hydrogens (tertiary/aromatic N) is 4. The van der Waals surface area contributed by atoms with Gasteiger partial charge in [-0.25, -0.2) is 27.7 Å². The summed E-state index contributed by atoms with van der Waals surface area (Å²) in [5.41, 5.74) is 2.52. The number of benzene rings is 3. The number of alkyl halides is 1. The molecule has 6 aromatic rings. The number of aromatic hydroxyl groups is 2. The number of ether oxygens (including phenoxy) is 2. The first-order valence-corrected chi connectivity index (χ1v) is 24.0. The van der Waals surface area contributed by atoms with Gasteiger partial charge in [0.05, 0.1) is 30.9 Å². The fraction of sp³-hybridized carbons (Fsp3) is 0.226. The second-order valence-corrected chi connectivity index (χ2v) is 16.7. The predicted molar refractivity (Wildman–Crippen MR) is 266 cm³/mol. The average Bonchev–Trinajstić information content (AvgIpc) is 4.08. The molecule has 3 aliphatic rings. The molecular formula is C53H49BrF3K2N5O15. The van der Waals surface area contributed by atoms with Crippen molar-refractivity contribution in [3.63, 3.8) is 0 Å². The zero-order valence-electron chi connectivity index (χ0n) is 44.0. The molecule has 20 nitrogen and oxygen atoms in total. The van der Waals surface area contributed by atoms with Gasteiger partial charge in [0.2, 0.25) is 47.0 Å². The Bertz CT molecular complexity index is 2960. The largest absolute Gasteiger partial charge is 1.00 e. The Hall–Kier alpha value is -5.63. The first kappa shape index (κ1) is 69.5. The molecule has 0 radical (unpaired) electrons. The number of halogens is 4. The Balaban J connectivity index is 0.000000517. The second kappa shape index (κ2) is 35.9. The number of pyridine rings is 2. The monoisotopic (exact) mass is 1210 g/mol. The van der Waals surface area contributed by atoms with Crippen LogP contribution in [0.5, 0.6) is 11.8 Å². The van der Waals surface area contributed by atoms with E-state index in [9.17, 15) is 61.7 Å². The van der Waals surface area contributed by atoms with E-state index in [0.29, 0.717) is 45.1 Å². The van der Waals surface area contributed by atoms with Gasteiger partial charge in [-0.05, 0) is 96.6 Å². The third-order valence-corrected chi connectivity index (χ3v) is 11.3. The molecule has 2 aliphatic heterocycles. The van der Waals surface area contributed by atoms with E-state index in [4.69, 9.17) is 10.1 Å². The van der Waals surface area contributed by atoms with Crippen LogP contribution in [-0.2, 0) is 64.1 Å². The Morgan fingerprint density at radius 3 is 1.52 bits per heavy atom. The van der Waals surface area contributed by atoms with Gasteiger partial charge in [0.15, 0.2) is 5.69 Å². The van der Waals surface area contributed by atoms with Crippen LogP contribution < -0.4 is 113 Å². The summed E-state index contributed by atoms with van der Waals surface area (Å²) in [6.45, 7) is 0.323. The van der Waals surface area contributed by atoms with Gasteiger partial charge < -0.3 is 31.3 Å². The number of fused-ring (bicyclic) bond motifs is 2. The van der Waals surface area contributed by atoms with Crippen molar-refractivity contribution in [3.8, 4) is 11.8 Å². The maximum atomic E-state index is 13.0. The molecule has 2 saturated heterocycles. The van der Waals surface area contributed by atoms with Crippen LogP contribution in [0.25, 0.3) is 0 Å². The van der Waals surface area contributed by atoms with Crippen molar-refractivity contribution in [3.05, 3.63) is 177 Å². The minimum Gasteiger partial charge on any atom is -1.00 e. The molecule has 3 aromatic carbocycles. The third kappa shape index (κ3) is 21.1. The maximum absolute atomic E-state index is 13.0. The molecule has 3 N–H and O–H groups in total. The zero-order valence-corrected chi connectivity index (χ0v) is 50.9. The number of carbonyl (C=O) groups excluding carboxylic acids is 9. The van der Waals surface area contributed by atoms with E-state index in [1.54, 1.807) is 42.5 Å². The van der Waals surface area contributed by atoms with Gasteiger partial charge in [-0.15, -0.1) is 0 Å². The van der Waals surface area contributed by atoms with Gasteiger partial charge >= 0.3 is 115 Å². The van der Waals surface area contributed by atoms with Crippen LogP contribution >= 0.6 is 15.9 Å². The van der Waals surface area contributed by atoms with E-state index in [-0.39, 0.29) is 192 Å². The van der Waals surface area contributed by atoms with Gasteiger partial charge in [-0.2, -0.15) is 0 Å². The molecule has 0 saturated carbocycles. The standard InChI is InChI=1S/C19H13FN2O4.C12H12FNO2.C9H9NO4.C8H8BrF.C4H5NO2.CH2O3.2K.H/c20-11-5-3-10(4-6-11)7-9-22-18(25)13-14(19(22)26)17(24)15-12(16(13)23)2-1-8-21-15;13-10-3-1-9(2-4-10)7-8-14-11(15)5-6-12(14)16;1-13-8(11)6-4-3-5-10-7(6)9(12)14-2;9-6-5-7-1-3-8(10)4-2-7;6-3-1-2-4(7)5-3;2-1-4-3;;;/h1-6,8,25-26H,7,9H2;1-4H,5-8H2;3-5H,1-2H3;1-4H,5-6H2;1-2H2,(H,5,6,7);1,3H;;;/q;;;;;;2*+1;-1/p-1. The number of likely N-dealkylation sites (tertiary alicyclic amines) is 1. The molecule has 1 aliphatic carbocycles. The molecule has 3 aromatic heterocycles. The van der Waals surface area contributed by atoms with Crippen molar-refractivity contribution >= 4 is 69.5 Å². The summed E-state index contributed by atoms with van der Waals surface area (Å²) in [6, 6.07) is 24.4. The van der Waals surface area contributed by atoms with Crippen LogP contribution in [0.15, 0.2) is 109 Å². The summed E-state index contributed by atoms with van der Waals surface area (Å²) in [5.74, 6) is -4.70. The van der Waals surface area contributed by atoms with Crippen LogP contribution in [0, 0.1) is 17.5 Å². The van der Waals surface area contributed by atoms with E-state index in [1.165, 1.54) is 91.7 Å². The number of amides is 4. The van der Waals surface area contributed by atoms with Crippen molar-refractivity contribution in [2.24, 2.45) is 0 Å². The Morgan fingerprint density at radius 2 is 1.09 bits per heavy atom. The maximum Gasteiger partial charge on any atom is 1.00 e. The molecule has 0 bridgehead atoms. The number of imide groups is 2. The van der Waals surface area contributed by atoms with Gasteiger partial charge in [-0.3, -0.25) is 53.3 Å². The van der Waals surface area contributed by atoms with Crippen LogP contribution in [0.4, 0.5) is 13.2 Å². The normalized spacial score (nSPS) is 12.4. The Morgan fingerprint density at radius 1 is 0.658 bits per heavy atom. The number of nitrogens with one attached hydrogen (secondary N) is 1. The van der Waals surface area contributed by atoms with Crippen LogP contribution in [-0.4, -0.2) is 109 Å². The van der Waals surface area contributed by atoms with E-state index in [1.807, 2.05) is 0 Å². The van der Waals surface area contributed by atoms with Gasteiger partial charge in [0.1, 0.15) is 28.7 Å². The molecule has 9 rings (SSSR count). The van der Waals surface area contributed by atoms with Crippen molar-refractivity contribution in [2.45, 2.75) is 51.5 Å². The molecule has 0 spiro atoms. The van der Waals surface area contributed by atoms with Crippen LogP contribution in [0.3, 0.4) is 0 Å². The summed E-state index contributed by atoms with van der Waals surface area (Å²) in [4.78, 5) is 111. The molecule has 4 amide bonds. The summed E-state index contributed by atoms with van der Waals surface area (Å²) in [6.07, 6.45) is 6.08. The summed E-state index contributed by atoms with van der Waals surface area (Å²) >= 11 is 3.31. The summed E-state index contributed by atoms with van der Waals surface area (Å²) in [7, 11) is 2.45. The molecule has 2 fully saturated rings. The topological polar surface area (TPSA) is 291 Å². The average molecular weight is 1210 g/mol. The predicted octanol–water partition coefficient (Wildman–Crippen LogP) is -0.635. The first-order chi connectivity index (χ1) is 36.9. The molecule has 0 atom stereocenters. The number of hydrogen-bond acceptors (Lipinski definition) is 17. The van der Waals surface area contributed by atoms with Crippen molar-refractivity contribution < 1.29 is 190 Å². The van der Waals surface area contributed by atoms with Crippen LogP contribution in [0.2, 0.25) is 0 Å². The minimum atomic E-state index is -0.661. The fourth-order valence-electron chi connectivity index (χ4n) is 7.12. The quantitative estimate of drug-likeness (QED) is 0.0276. The number of aryl methyl sites for hydroxylation is 2. The first-order valence-electron chi connectivity index (χ1n) is 22.9. The molecule has 79 heavy (non-hydrogen) atoms. The SMILES string of the molecule is COC(=O)c1cccnc1C(=O)OC.Fc1ccc(CCBr)cc1.O=C1CCC(=O)N1.O=C1CCC(=O)N1CCc1ccc(F)cc1.O=C1c2cccnc2C(=O)c2c1c(O)n(CCc1ccc(F)cc1)c2O.O=CO[O-].[H-].[K+].[K+]. The number of aromatic nitrogens is 3. The minimum absolute atomic E-state index is 0. The summed E-state index contributed by atoms with van der Waals surface area (Å²) in [5, 5.41) is 32.4. The number of carbonyl (C=O) groups is 9. The molecular weight excluding hydrogens is 1160 g/mol. The number of ketones is 2. The van der Waals surface area contributed by atoms with Crippen molar-refractivity contribution in [2.75, 3.05) is 26.1 Å². The number of esters is 2. The molecule has 406 valence electrons. The zero-order chi connectivity index (χ0) is 56.6. The summed E-state index contributed by atoms with van der Waals surface area (Å²) < 4.78 is 48.0. The third-order valence-electron chi connectivity index (χ3n) is 10.9. The van der Waals surface area contributed by atoms with Gasteiger partial charge in [-0.1, -0.05) is 52.3 Å². The Labute approximate surface area is 544 Å². The smallest absolute Gasteiger partial charge is 1.00 e.